The zero-order chi connectivity index (χ0) is 47.8. The molecule has 0 bridgehead atoms. The maximum Gasteiger partial charge on any atom is 0.410 e. The van der Waals surface area contributed by atoms with Crippen molar-refractivity contribution in [1.82, 2.24) is 20.9 Å². The summed E-state index contributed by atoms with van der Waals surface area (Å²) in [6, 6.07) is 8.17. The van der Waals surface area contributed by atoms with Crippen molar-refractivity contribution in [2.75, 3.05) is 20.7 Å². The normalized spacial score (nSPS) is 28.9. The predicted octanol–water partition coefficient (Wildman–Crippen LogP) is 4.07. The number of rotatable bonds is 14. The third-order valence-corrected chi connectivity index (χ3v) is 11.4. The van der Waals surface area contributed by atoms with Gasteiger partial charge in [0.25, 0.3) is 5.69 Å². The molecule has 2 aromatic rings. The van der Waals surface area contributed by atoms with E-state index in [9.17, 15) is 44.3 Å². The summed E-state index contributed by atoms with van der Waals surface area (Å²) in [6.45, 7) is 8.67. The smallest absolute Gasteiger partial charge is 0.410 e. The molecular weight excluding hydrogens is 853 g/mol. The number of benzene rings is 2. The van der Waals surface area contributed by atoms with Gasteiger partial charge in [-0.1, -0.05) is 19.1 Å². The summed E-state index contributed by atoms with van der Waals surface area (Å²) in [6.07, 6.45) is -7.76. The molecule has 21 heteroatoms. The van der Waals surface area contributed by atoms with E-state index in [1.165, 1.54) is 40.1 Å². The Hall–Kier alpha value is -5.74. The zero-order valence-corrected chi connectivity index (χ0v) is 37.8. The minimum Gasteiger partial charge on any atom is -0.492 e. The van der Waals surface area contributed by atoms with Gasteiger partial charge in [-0.3, -0.25) is 4.79 Å². The lowest BCUT2D eigenvalue weighted by Gasteiger charge is -2.52. The number of carbonyl (C=O) groups is 4. The summed E-state index contributed by atoms with van der Waals surface area (Å²) in [5, 5.41) is 47.1. The van der Waals surface area contributed by atoms with Gasteiger partial charge in [-0.2, -0.15) is 0 Å². The Morgan fingerprint density at radius 2 is 1.51 bits per heavy atom. The summed E-state index contributed by atoms with van der Waals surface area (Å²) in [7, 11) is 2.70. The first-order chi connectivity index (χ1) is 30.6. The molecule has 6 N–H and O–H groups in total. The number of likely N-dealkylation sites (N-methyl/N-ethyl adjacent to an activating group) is 1. The van der Waals surface area contributed by atoms with Gasteiger partial charge in [-0.05, 0) is 87.2 Å². The van der Waals surface area contributed by atoms with Crippen molar-refractivity contribution in [3.8, 4) is 0 Å². The monoisotopic (exact) mass is 913 g/mol. The molecule has 4 amide bonds. The highest BCUT2D eigenvalue weighted by atomic mass is 16.7. The van der Waals surface area contributed by atoms with E-state index in [4.69, 9.17) is 28.4 Å². The number of nitrogens with one attached hydrogen (secondary N) is 3. The zero-order valence-electron chi connectivity index (χ0n) is 37.8. The highest BCUT2D eigenvalue weighted by molar-refractivity contribution is 5.73. The van der Waals surface area contributed by atoms with Crippen molar-refractivity contribution in [2.45, 2.75) is 140 Å². The minimum atomic E-state index is -1.80. The lowest BCUT2D eigenvalue weighted by molar-refractivity contribution is -0.428. The van der Waals surface area contributed by atoms with Crippen LogP contribution in [0.2, 0.25) is 0 Å². The molecule has 1 aliphatic carbocycles. The number of aliphatic hydroxyl groups excluding tert-OH is 2. The second kappa shape index (κ2) is 21.5. The Bertz CT molecular complexity index is 2040. The van der Waals surface area contributed by atoms with E-state index in [-0.39, 0.29) is 31.7 Å². The van der Waals surface area contributed by atoms with Crippen LogP contribution in [-0.2, 0) is 46.4 Å². The standard InChI is InChI=1S/C44H60N6O15/c1-9-29-18-19-30(46-40(54)60-22-26-12-16-28(17-13-26)50(8)59)36(63-29)33-31(47-41(55)61-21-25-10-14-27(48-58)15-11-25)20-32(45-24(2)51)37(34(33)52)64-39-35(53)38(44(6,57)23-62-39)49(7)42(56)65-43(3,4)5/h10-18,30-39,52-53,57H,9,19-23H2,1-8H3,(H2-,45,46,47,51,54,55)/p+1. The summed E-state index contributed by atoms with van der Waals surface area (Å²) < 4.78 is 36.0. The van der Waals surface area contributed by atoms with Crippen LogP contribution in [0.15, 0.2) is 65.5 Å². The molecule has 2 aliphatic heterocycles. The van der Waals surface area contributed by atoms with Crippen LogP contribution in [0.4, 0.5) is 25.8 Å². The number of nitroso groups, excluding NO2 is 2. The first-order valence-electron chi connectivity index (χ1n) is 21.3. The van der Waals surface area contributed by atoms with E-state index in [2.05, 4.69) is 21.1 Å². The summed E-state index contributed by atoms with van der Waals surface area (Å²) >= 11 is 0. The number of ether oxygens (including phenoxy) is 6. The molecule has 1 saturated heterocycles. The van der Waals surface area contributed by atoms with Gasteiger partial charge in [-0.15, -0.1) is 4.91 Å². The number of aliphatic hydroxyl groups is 3. The molecule has 0 radical (unpaired) electrons. The van der Waals surface area contributed by atoms with Gasteiger partial charge >= 0.3 is 18.3 Å². The van der Waals surface area contributed by atoms with Crippen LogP contribution in [0, 0.1) is 15.7 Å². The van der Waals surface area contributed by atoms with E-state index in [1.54, 1.807) is 63.2 Å². The van der Waals surface area contributed by atoms with Gasteiger partial charge in [-0.25, -0.2) is 14.4 Å². The number of nitrogens with zero attached hydrogens (tertiary/aromatic N) is 3. The van der Waals surface area contributed by atoms with Crippen LogP contribution < -0.4 is 16.0 Å². The molecule has 21 nitrogen and oxygen atoms in total. The molecule has 3 aliphatic rings. The highest BCUT2D eigenvalue weighted by Gasteiger charge is 2.56. The molecule has 2 heterocycles. The van der Waals surface area contributed by atoms with Crippen LogP contribution >= 0.6 is 0 Å². The molecule has 65 heavy (non-hydrogen) atoms. The van der Waals surface area contributed by atoms with Crippen molar-refractivity contribution < 1.29 is 67.7 Å². The number of hydrogen-bond donors (Lipinski definition) is 6. The van der Waals surface area contributed by atoms with Crippen molar-refractivity contribution in [1.29, 1.82) is 0 Å². The molecular formula is C44H61N6O15+. The molecule has 2 fully saturated rings. The molecule has 11 unspecified atom stereocenters. The molecule has 356 valence electrons. The van der Waals surface area contributed by atoms with Crippen molar-refractivity contribution in [3.05, 3.63) is 81.3 Å². The van der Waals surface area contributed by atoms with Crippen molar-refractivity contribution in [2.24, 2.45) is 11.1 Å². The van der Waals surface area contributed by atoms with Gasteiger partial charge in [0.05, 0.1) is 36.6 Å². The SMILES string of the molecule is CCC1=CCC(NC(=O)OCc2ccc([N+](C)=O)cc2)C(C2C(NC(=O)OCc3ccc(N=O)cc3)CC(NC(C)=O)C(OC3OCC(C)(O)C(N(C)C(=O)OC(C)(C)C)C3O)C2O)O1. The van der Waals surface area contributed by atoms with Gasteiger partial charge < -0.3 is 64.6 Å². The van der Waals surface area contributed by atoms with E-state index >= 15 is 0 Å². The van der Waals surface area contributed by atoms with E-state index < -0.39 is 103 Å². The van der Waals surface area contributed by atoms with Crippen LogP contribution in [0.1, 0.15) is 71.9 Å². The third kappa shape index (κ3) is 13.2. The van der Waals surface area contributed by atoms with Gasteiger partial charge in [0.2, 0.25) is 5.91 Å². The summed E-state index contributed by atoms with van der Waals surface area (Å²) in [4.78, 5) is 76.6. The first-order valence-corrected chi connectivity index (χ1v) is 21.3. The average molecular weight is 914 g/mol. The maximum absolute atomic E-state index is 13.6. The lowest BCUT2D eigenvalue weighted by atomic mass is 9.72. The van der Waals surface area contributed by atoms with Crippen molar-refractivity contribution in [3.63, 3.8) is 0 Å². The summed E-state index contributed by atoms with van der Waals surface area (Å²) in [5.41, 5.74) is -0.967. The van der Waals surface area contributed by atoms with E-state index in [0.29, 0.717) is 33.8 Å². The number of allylic oxidation sites excluding steroid dienone is 1. The fourth-order valence-corrected chi connectivity index (χ4v) is 8.29. The van der Waals surface area contributed by atoms with E-state index in [1.807, 2.05) is 6.92 Å². The fourth-order valence-electron chi connectivity index (χ4n) is 8.29. The van der Waals surface area contributed by atoms with E-state index in [0.717, 1.165) is 4.90 Å². The Morgan fingerprint density at radius 1 is 0.923 bits per heavy atom. The molecule has 0 spiro atoms. The lowest BCUT2D eigenvalue weighted by Crippen LogP contribution is -2.70. The number of carbonyl (C=O) groups excluding carboxylic acids is 4. The second-order valence-corrected chi connectivity index (χ2v) is 17.7. The number of hydrogen-bond acceptors (Lipinski definition) is 16. The first kappa shape index (κ1) is 50.3. The largest absolute Gasteiger partial charge is 0.492 e. The molecule has 1 saturated carbocycles. The molecule has 11 atom stereocenters. The second-order valence-electron chi connectivity index (χ2n) is 17.7. The Kier molecular flexibility index (Phi) is 16.6. The average Bonchev–Trinajstić information content (AvgIpc) is 3.24. The van der Waals surface area contributed by atoms with Gasteiger partial charge in [0.1, 0.15) is 48.4 Å². The molecule has 0 aromatic heterocycles. The maximum atomic E-state index is 13.6. The Morgan fingerprint density at radius 3 is 2.05 bits per heavy atom. The third-order valence-electron chi connectivity index (χ3n) is 11.4. The highest BCUT2D eigenvalue weighted by Crippen LogP contribution is 2.39. The van der Waals surface area contributed by atoms with Gasteiger partial charge in [0.15, 0.2) is 13.3 Å². The van der Waals surface area contributed by atoms with Gasteiger partial charge in [0, 0.05) is 54.2 Å². The number of amides is 4. The van der Waals surface area contributed by atoms with Crippen LogP contribution in [0.3, 0.4) is 0 Å². The van der Waals surface area contributed by atoms with Crippen molar-refractivity contribution >= 4 is 35.6 Å². The number of alkyl carbamates (subject to hydrolysis) is 2. The molecule has 2 aromatic carbocycles. The topological polar surface area (TPSA) is 273 Å². The fraction of sp³-hybridized carbons (Fsp3) is 0.591. The summed E-state index contributed by atoms with van der Waals surface area (Å²) in [5.74, 6) is -1.15. The predicted molar refractivity (Wildman–Crippen MR) is 230 cm³/mol. The minimum absolute atomic E-state index is 0.112. The quantitative estimate of drug-likeness (QED) is 0.0886. The Labute approximate surface area is 376 Å². The van der Waals surface area contributed by atoms with Crippen LogP contribution in [0.5, 0.6) is 0 Å². The Balaban J connectivity index is 1.46. The molecule has 5 rings (SSSR count). The van der Waals surface area contributed by atoms with Crippen LogP contribution in [-0.4, -0.2) is 136 Å². The van der Waals surface area contributed by atoms with Crippen LogP contribution in [0.25, 0.3) is 0 Å².